The van der Waals surface area contributed by atoms with Crippen molar-refractivity contribution in [1.29, 1.82) is 0 Å². The van der Waals surface area contributed by atoms with Crippen molar-refractivity contribution in [1.82, 2.24) is 10.2 Å². The van der Waals surface area contributed by atoms with Gasteiger partial charge in [-0.15, -0.1) is 11.3 Å². The van der Waals surface area contributed by atoms with Crippen LogP contribution in [0.15, 0.2) is 34.1 Å². The Labute approximate surface area is 160 Å². The van der Waals surface area contributed by atoms with Crippen LogP contribution in [0, 0.1) is 0 Å². The minimum absolute atomic E-state index is 0.0163. The summed E-state index contributed by atoms with van der Waals surface area (Å²) in [5, 5.41) is 3.06. The molecule has 0 bridgehead atoms. The van der Waals surface area contributed by atoms with Gasteiger partial charge >= 0.3 is 0 Å². The molecule has 134 valence electrons. The average molecular weight is 425 g/mol. The summed E-state index contributed by atoms with van der Waals surface area (Å²) in [4.78, 5) is 15.8. The van der Waals surface area contributed by atoms with Gasteiger partial charge in [0.25, 0.3) is 0 Å². The van der Waals surface area contributed by atoms with Crippen LogP contribution in [0.5, 0.6) is 11.5 Å². The summed E-state index contributed by atoms with van der Waals surface area (Å²) < 4.78 is 11.8. The Balaban J connectivity index is 1.55. The van der Waals surface area contributed by atoms with E-state index in [4.69, 9.17) is 9.47 Å². The number of hydrogen-bond acceptors (Lipinski definition) is 5. The predicted octanol–water partition coefficient (Wildman–Crippen LogP) is 3.94. The van der Waals surface area contributed by atoms with Gasteiger partial charge in [0.1, 0.15) is 0 Å². The van der Waals surface area contributed by atoms with E-state index in [9.17, 15) is 4.79 Å². The van der Waals surface area contributed by atoms with Gasteiger partial charge in [0.05, 0.1) is 16.4 Å². The number of amides is 1. The van der Waals surface area contributed by atoms with Gasteiger partial charge in [-0.25, -0.2) is 0 Å². The van der Waals surface area contributed by atoms with E-state index in [1.165, 1.54) is 4.88 Å². The van der Waals surface area contributed by atoms with Crippen molar-refractivity contribution in [2.75, 3.05) is 19.9 Å². The number of thiophene rings is 1. The summed E-state index contributed by atoms with van der Waals surface area (Å²) in [5.41, 5.74) is 1.00. The first kappa shape index (κ1) is 18.2. The Kier molecular flexibility index (Phi) is 5.98. The van der Waals surface area contributed by atoms with Crippen LogP contribution in [0.2, 0.25) is 0 Å². The molecule has 1 aromatic carbocycles. The van der Waals surface area contributed by atoms with Gasteiger partial charge in [-0.2, -0.15) is 0 Å². The molecular formula is C18H21BrN2O3S. The van der Waals surface area contributed by atoms with Crippen molar-refractivity contribution in [3.63, 3.8) is 0 Å². The van der Waals surface area contributed by atoms with Crippen molar-refractivity contribution in [3.8, 4) is 11.5 Å². The Morgan fingerprint density at radius 3 is 2.84 bits per heavy atom. The summed E-state index contributed by atoms with van der Waals surface area (Å²) in [6.45, 7) is 6.27. The lowest BCUT2D eigenvalue weighted by Gasteiger charge is -2.21. The number of carbonyl (C=O) groups is 1. The third kappa shape index (κ3) is 4.74. The third-order valence-electron chi connectivity index (χ3n) is 4.10. The van der Waals surface area contributed by atoms with Crippen molar-refractivity contribution < 1.29 is 14.3 Å². The maximum absolute atomic E-state index is 12.4. The molecule has 2 aromatic rings. The van der Waals surface area contributed by atoms with E-state index >= 15 is 0 Å². The number of halogens is 1. The van der Waals surface area contributed by atoms with Crippen molar-refractivity contribution in [3.05, 3.63) is 44.6 Å². The highest BCUT2D eigenvalue weighted by Crippen LogP contribution is 2.34. The molecule has 1 amide bonds. The molecule has 0 spiro atoms. The Morgan fingerprint density at radius 2 is 2.12 bits per heavy atom. The summed E-state index contributed by atoms with van der Waals surface area (Å²) in [7, 11) is 0. The quantitative estimate of drug-likeness (QED) is 0.730. The minimum Gasteiger partial charge on any atom is -0.454 e. The highest BCUT2D eigenvalue weighted by molar-refractivity contribution is 9.11. The van der Waals surface area contributed by atoms with Gasteiger partial charge < -0.3 is 14.8 Å². The zero-order chi connectivity index (χ0) is 17.8. The Morgan fingerprint density at radius 1 is 1.32 bits per heavy atom. The summed E-state index contributed by atoms with van der Waals surface area (Å²) in [6, 6.07) is 9.80. The molecule has 3 rings (SSSR count). The molecule has 1 atom stereocenters. The number of nitrogens with one attached hydrogen (secondary N) is 1. The van der Waals surface area contributed by atoms with Crippen LogP contribution < -0.4 is 14.8 Å². The fourth-order valence-corrected chi connectivity index (χ4v) is 4.22. The van der Waals surface area contributed by atoms with Gasteiger partial charge in [0.2, 0.25) is 12.7 Å². The number of nitrogens with zero attached hydrogens (tertiary/aromatic N) is 1. The number of benzene rings is 1. The maximum Gasteiger partial charge on any atom is 0.234 e. The number of ether oxygens (including phenoxy) is 2. The number of fused-ring (bicyclic) bond motifs is 1. The van der Waals surface area contributed by atoms with E-state index < -0.39 is 0 Å². The molecule has 7 heteroatoms. The zero-order valence-electron chi connectivity index (χ0n) is 14.3. The monoisotopic (exact) mass is 424 g/mol. The second-order valence-electron chi connectivity index (χ2n) is 5.91. The van der Waals surface area contributed by atoms with Gasteiger partial charge in [-0.1, -0.05) is 13.0 Å². The molecule has 5 nitrogen and oxygen atoms in total. The van der Waals surface area contributed by atoms with Gasteiger partial charge in [0.15, 0.2) is 11.5 Å². The third-order valence-corrected chi connectivity index (χ3v) is 5.71. The molecule has 0 saturated heterocycles. The molecule has 2 heterocycles. The average Bonchev–Trinajstić information content (AvgIpc) is 3.21. The van der Waals surface area contributed by atoms with Crippen molar-refractivity contribution >= 4 is 33.2 Å². The van der Waals surface area contributed by atoms with Crippen LogP contribution in [0.1, 0.15) is 30.3 Å². The first-order valence-corrected chi connectivity index (χ1v) is 9.81. The first-order chi connectivity index (χ1) is 12.0. The fraction of sp³-hybridized carbons (Fsp3) is 0.389. The van der Waals surface area contributed by atoms with E-state index in [1.807, 2.05) is 31.2 Å². The topological polar surface area (TPSA) is 50.8 Å². The summed E-state index contributed by atoms with van der Waals surface area (Å²) in [6.07, 6.45) is 0. The Bertz CT molecular complexity index is 750. The number of carbonyl (C=O) groups excluding carboxylic acids is 1. The van der Waals surface area contributed by atoms with Crippen LogP contribution in [-0.2, 0) is 11.3 Å². The number of likely N-dealkylation sites (N-methyl/N-ethyl adjacent to an activating group) is 1. The van der Waals surface area contributed by atoms with E-state index in [0.717, 1.165) is 33.9 Å². The number of hydrogen-bond donors (Lipinski definition) is 1. The smallest absolute Gasteiger partial charge is 0.234 e. The predicted molar refractivity (Wildman–Crippen MR) is 102 cm³/mol. The molecule has 1 aliphatic heterocycles. The molecular weight excluding hydrogens is 404 g/mol. The molecule has 1 aliphatic rings. The standard InChI is InChI=1S/C18H21BrN2O3S/c1-3-21(9-14-5-7-17(19)25-14)10-18(22)20-12(2)13-4-6-15-16(8-13)24-11-23-15/h4-8,12H,3,9-11H2,1-2H3,(H,20,22). The van der Waals surface area contributed by atoms with Crippen LogP contribution in [0.4, 0.5) is 0 Å². The van der Waals surface area contributed by atoms with Gasteiger partial charge in [-0.3, -0.25) is 9.69 Å². The molecule has 1 N–H and O–H groups in total. The largest absolute Gasteiger partial charge is 0.454 e. The van der Waals surface area contributed by atoms with Crippen molar-refractivity contribution in [2.24, 2.45) is 0 Å². The van der Waals surface area contributed by atoms with Crippen LogP contribution >= 0.6 is 27.3 Å². The molecule has 25 heavy (non-hydrogen) atoms. The minimum atomic E-state index is -0.0865. The van der Waals surface area contributed by atoms with E-state index in [-0.39, 0.29) is 18.7 Å². The van der Waals surface area contributed by atoms with E-state index in [2.05, 4.69) is 39.1 Å². The molecule has 0 aliphatic carbocycles. The SMILES string of the molecule is CCN(CC(=O)NC(C)c1ccc2c(c1)OCO2)Cc1ccc(Br)s1. The second-order valence-corrected chi connectivity index (χ2v) is 8.46. The lowest BCUT2D eigenvalue weighted by atomic mass is 10.1. The van der Waals surface area contributed by atoms with Crippen LogP contribution in [0.3, 0.4) is 0 Å². The molecule has 0 saturated carbocycles. The highest BCUT2D eigenvalue weighted by atomic mass is 79.9. The van der Waals surface area contributed by atoms with Crippen LogP contribution in [0.25, 0.3) is 0 Å². The maximum atomic E-state index is 12.4. The summed E-state index contributed by atoms with van der Waals surface area (Å²) >= 11 is 5.17. The summed E-state index contributed by atoms with van der Waals surface area (Å²) in [5.74, 6) is 1.50. The van der Waals surface area contributed by atoms with E-state index in [1.54, 1.807) is 11.3 Å². The van der Waals surface area contributed by atoms with Crippen LogP contribution in [-0.4, -0.2) is 30.7 Å². The molecule has 1 aromatic heterocycles. The number of rotatable bonds is 7. The lowest BCUT2D eigenvalue weighted by Crippen LogP contribution is -2.37. The fourth-order valence-electron chi connectivity index (χ4n) is 2.69. The Hall–Kier alpha value is -1.57. The molecule has 1 unspecified atom stereocenters. The second kappa shape index (κ2) is 8.21. The van der Waals surface area contributed by atoms with Crippen molar-refractivity contribution in [2.45, 2.75) is 26.4 Å². The zero-order valence-corrected chi connectivity index (χ0v) is 16.7. The van der Waals surface area contributed by atoms with E-state index in [0.29, 0.717) is 6.54 Å². The normalized spacial score (nSPS) is 13.9. The van der Waals surface area contributed by atoms with Gasteiger partial charge in [0, 0.05) is 11.4 Å². The molecule has 0 fully saturated rings. The van der Waals surface area contributed by atoms with Gasteiger partial charge in [-0.05, 0) is 59.2 Å². The molecule has 0 radical (unpaired) electrons. The lowest BCUT2D eigenvalue weighted by molar-refractivity contribution is -0.123. The first-order valence-electron chi connectivity index (χ1n) is 8.20. The highest BCUT2D eigenvalue weighted by Gasteiger charge is 2.18.